The molecule has 0 radical (unpaired) electrons. The predicted molar refractivity (Wildman–Crippen MR) is 70.6 cm³/mol. The maximum atomic E-state index is 12.6. The van der Waals surface area contributed by atoms with Crippen LogP contribution in [0, 0.1) is 0 Å². The van der Waals surface area contributed by atoms with E-state index in [0.717, 1.165) is 12.1 Å². The molecule has 21 heavy (non-hydrogen) atoms. The number of nitrogens with two attached hydrogens (primary N) is 1. The number of anilines is 1. The van der Waals surface area contributed by atoms with E-state index >= 15 is 0 Å². The number of halogens is 3. The molecule has 0 aromatic heterocycles. The third-order valence-corrected chi connectivity index (χ3v) is 4.10. The van der Waals surface area contributed by atoms with Crippen molar-refractivity contribution in [3.8, 4) is 11.5 Å². The predicted octanol–water partition coefficient (Wildman–Crippen LogP) is 3.35. The number of rotatable bonds is 3. The highest BCUT2D eigenvalue weighted by molar-refractivity contribution is 7.92. The molecule has 0 bridgehead atoms. The van der Waals surface area contributed by atoms with E-state index in [1.807, 2.05) is 0 Å². The fourth-order valence-electron chi connectivity index (χ4n) is 1.56. The van der Waals surface area contributed by atoms with Gasteiger partial charge < -0.3 is 10.5 Å². The fourth-order valence-corrected chi connectivity index (χ4v) is 2.46. The van der Waals surface area contributed by atoms with E-state index in [1.165, 1.54) is 6.07 Å². The average Bonchev–Trinajstić information content (AvgIpc) is 2.40. The molecule has 0 atom stereocenters. The van der Waals surface area contributed by atoms with Gasteiger partial charge in [0.15, 0.2) is 0 Å². The molecule has 2 rings (SSSR count). The topological polar surface area (TPSA) is 69.4 Å². The van der Waals surface area contributed by atoms with Crippen LogP contribution in [0.3, 0.4) is 0 Å². The minimum absolute atomic E-state index is 0.0572. The van der Waals surface area contributed by atoms with Crippen LogP contribution in [0.25, 0.3) is 0 Å². The minimum Gasteiger partial charge on any atom is -0.457 e. The highest BCUT2D eigenvalue weighted by atomic mass is 32.2. The molecule has 2 N–H and O–H groups in total. The Morgan fingerprint density at radius 2 is 1.57 bits per heavy atom. The summed E-state index contributed by atoms with van der Waals surface area (Å²) in [6.45, 7) is 0. The van der Waals surface area contributed by atoms with Crippen molar-refractivity contribution >= 4 is 15.5 Å². The van der Waals surface area contributed by atoms with Gasteiger partial charge in [0.05, 0.1) is 5.69 Å². The van der Waals surface area contributed by atoms with E-state index in [0.29, 0.717) is 5.75 Å². The van der Waals surface area contributed by atoms with Crippen LogP contribution in [0.15, 0.2) is 53.4 Å². The van der Waals surface area contributed by atoms with Gasteiger partial charge in [-0.2, -0.15) is 13.2 Å². The quantitative estimate of drug-likeness (QED) is 0.881. The Morgan fingerprint density at radius 3 is 2.14 bits per heavy atom. The molecule has 8 heteroatoms. The fraction of sp³-hybridized carbons (Fsp3) is 0.0769. The van der Waals surface area contributed by atoms with Gasteiger partial charge in [-0.15, -0.1) is 0 Å². The Bertz CT molecular complexity index is 743. The molecule has 112 valence electrons. The van der Waals surface area contributed by atoms with Gasteiger partial charge >= 0.3 is 5.51 Å². The average molecular weight is 317 g/mol. The Hall–Kier alpha value is -2.22. The molecule has 0 amide bonds. The number of para-hydroxylation sites is 1. The largest absolute Gasteiger partial charge is 0.501 e. The Labute approximate surface area is 118 Å². The lowest BCUT2D eigenvalue weighted by Crippen LogP contribution is -2.24. The summed E-state index contributed by atoms with van der Waals surface area (Å²) < 4.78 is 65.9. The van der Waals surface area contributed by atoms with Crippen molar-refractivity contribution in [1.82, 2.24) is 0 Å². The second-order valence-corrected chi connectivity index (χ2v) is 5.97. The number of benzene rings is 2. The zero-order chi connectivity index (χ0) is 15.7. The molecule has 0 unspecified atom stereocenters. The van der Waals surface area contributed by atoms with Crippen LogP contribution in [0.1, 0.15) is 0 Å². The zero-order valence-electron chi connectivity index (χ0n) is 10.5. The molecule has 0 saturated carbocycles. The van der Waals surface area contributed by atoms with E-state index in [9.17, 15) is 21.6 Å². The normalized spacial score (nSPS) is 12.1. The molecule has 4 nitrogen and oxygen atoms in total. The van der Waals surface area contributed by atoms with Crippen LogP contribution in [-0.4, -0.2) is 13.9 Å². The summed E-state index contributed by atoms with van der Waals surface area (Å²) in [7, 11) is -5.53. The Balaban J connectivity index is 2.44. The van der Waals surface area contributed by atoms with E-state index in [4.69, 9.17) is 10.5 Å². The van der Waals surface area contributed by atoms with Gasteiger partial charge in [-0.25, -0.2) is 8.42 Å². The van der Waals surface area contributed by atoms with E-state index in [-0.39, 0.29) is 5.75 Å². The number of nitrogen functional groups attached to an aromatic ring is 1. The van der Waals surface area contributed by atoms with E-state index in [2.05, 4.69) is 0 Å². The maximum Gasteiger partial charge on any atom is 0.501 e. The van der Waals surface area contributed by atoms with Crippen LogP contribution < -0.4 is 10.5 Å². The van der Waals surface area contributed by atoms with Crippen molar-refractivity contribution < 1.29 is 26.3 Å². The second kappa shape index (κ2) is 5.28. The summed E-state index contributed by atoms with van der Waals surface area (Å²) >= 11 is 0. The minimum atomic E-state index is -5.53. The van der Waals surface area contributed by atoms with Crippen molar-refractivity contribution in [3.05, 3.63) is 48.5 Å². The first-order valence-corrected chi connectivity index (χ1v) is 7.14. The first-order chi connectivity index (χ1) is 9.72. The SMILES string of the molecule is Nc1ccc(Oc2ccccc2)cc1S(=O)(=O)C(F)(F)F. The molecule has 2 aromatic carbocycles. The summed E-state index contributed by atoms with van der Waals surface area (Å²) in [5.41, 5.74) is -0.586. The monoisotopic (exact) mass is 317 g/mol. The van der Waals surface area contributed by atoms with E-state index in [1.54, 1.807) is 30.3 Å². The summed E-state index contributed by atoms with van der Waals surface area (Å²) in [4.78, 5) is -1.02. The van der Waals surface area contributed by atoms with Gasteiger partial charge in [0, 0.05) is 6.07 Å². The lowest BCUT2D eigenvalue weighted by atomic mass is 10.3. The van der Waals surface area contributed by atoms with Crippen LogP contribution in [0.5, 0.6) is 11.5 Å². The first-order valence-electron chi connectivity index (χ1n) is 5.65. The molecule has 2 aromatic rings. The Kier molecular flexibility index (Phi) is 3.82. The summed E-state index contributed by atoms with van der Waals surface area (Å²) in [6.07, 6.45) is 0. The molecule has 0 aliphatic carbocycles. The molecular weight excluding hydrogens is 307 g/mol. The van der Waals surface area contributed by atoms with Crippen molar-refractivity contribution in [2.24, 2.45) is 0 Å². The zero-order valence-corrected chi connectivity index (χ0v) is 11.3. The molecule has 0 heterocycles. The number of ether oxygens (including phenoxy) is 1. The van der Waals surface area contributed by atoms with Crippen molar-refractivity contribution in [3.63, 3.8) is 0 Å². The second-order valence-electron chi connectivity index (χ2n) is 4.06. The van der Waals surface area contributed by atoms with Crippen LogP contribution >= 0.6 is 0 Å². The number of sulfone groups is 1. The summed E-state index contributed by atoms with van der Waals surface area (Å²) in [5, 5.41) is 0. The highest BCUT2D eigenvalue weighted by Crippen LogP contribution is 2.36. The number of hydrogen-bond donors (Lipinski definition) is 1. The number of alkyl halides is 3. The van der Waals surface area contributed by atoms with Gasteiger partial charge in [0.1, 0.15) is 16.4 Å². The van der Waals surface area contributed by atoms with Gasteiger partial charge in [0.25, 0.3) is 9.84 Å². The third kappa shape index (κ3) is 3.10. The molecular formula is C13H10F3NO3S. The van der Waals surface area contributed by atoms with Gasteiger partial charge in [-0.1, -0.05) is 18.2 Å². The molecule has 0 fully saturated rings. The van der Waals surface area contributed by atoms with Crippen molar-refractivity contribution in [2.75, 3.05) is 5.73 Å². The summed E-state index contributed by atoms with van der Waals surface area (Å²) in [5.74, 6) is 0.302. The molecule has 0 aliphatic rings. The summed E-state index contributed by atoms with van der Waals surface area (Å²) in [6, 6.07) is 11.3. The van der Waals surface area contributed by atoms with E-state index < -0.39 is 25.9 Å². The van der Waals surface area contributed by atoms with Crippen LogP contribution in [0.4, 0.5) is 18.9 Å². The third-order valence-electron chi connectivity index (χ3n) is 2.56. The molecule has 0 saturated heterocycles. The van der Waals surface area contributed by atoms with Gasteiger partial charge in [-0.3, -0.25) is 0 Å². The molecule has 0 aliphatic heterocycles. The standard InChI is InChI=1S/C13H10F3NO3S/c14-13(15,16)21(18,19)12-8-10(6-7-11(12)17)20-9-4-2-1-3-5-9/h1-8H,17H2. The van der Waals surface area contributed by atoms with Crippen LogP contribution in [-0.2, 0) is 9.84 Å². The highest BCUT2D eigenvalue weighted by Gasteiger charge is 2.48. The lowest BCUT2D eigenvalue weighted by Gasteiger charge is -2.12. The number of hydrogen-bond acceptors (Lipinski definition) is 4. The first kappa shape index (κ1) is 15.2. The smallest absolute Gasteiger partial charge is 0.457 e. The van der Waals surface area contributed by atoms with Gasteiger partial charge in [0.2, 0.25) is 0 Å². The maximum absolute atomic E-state index is 12.6. The van der Waals surface area contributed by atoms with Crippen LogP contribution in [0.2, 0.25) is 0 Å². The lowest BCUT2D eigenvalue weighted by molar-refractivity contribution is -0.0435. The van der Waals surface area contributed by atoms with Crippen molar-refractivity contribution in [2.45, 2.75) is 10.4 Å². The van der Waals surface area contributed by atoms with Gasteiger partial charge in [-0.05, 0) is 24.3 Å². The Morgan fingerprint density at radius 1 is 0.952 bits per heavy atom. The van der Waals surface area contributed by atoms with Crippen molar-refractivity contribution in [1.29, 1.82) is 0 Å². The molecule has 0 spiro atoms.